The van der Waals surface area contributed by atoms with E-state index in [1.54, 1.807) is 12.4 Å². The fourth-order valence-electron chi connectivity index (χ4n) is 3.11. The van der Waals surface area contributed by atoms with Gasteiger partial charge in [0.05, 0.1) is 0 Å². The van der Waals surface area contributed by atoms with Crippen molar-refractivity contribution in [2.45, 2.75) is 38.3 Å². The van der Waals surface area contributed by atoms with Crippen LogP contribution in [0.3, 0.4) is 0 Å². The molecule has 2 heterocycles. The van der Waals surface area contributed by atoms with Crippen LogP contribution in [-0.2, 0) is 16.1 Å². The lowest BCUT2D eigenvalue weighted by molar-refractivity contribution is -0.0539. The molecule has 1 saturated heterocycles. The second-order valence-corrected chi connectivity index (χ2v) is 5.65. The Morgan fingerprint density at radius 2 is 2.30 bits per heavy atom. The number of rotatable bonds is 3. The summed E-state index contributed by atoms with van der Waals surface area (Å²) in [5, 5.41) is 3.01. The normalized spacial score (nSPS) is 23.9. The van der Waals surface area contributed by atoms with Crippen molar-refractivity contribution in [2.75, 3.05) is 13.2 Å². The first-order valence-corrected chi connectivity index (χ1v) is 7.18. The van der Waals surface area contributed by atoms with Crippen molar-refractivity contribution in [3.05, 3.63) is 30.1 Å². The number of pyridine rings is 1. The summed E-state index contributed by atoms with van der Waals surface area (Å²) in [7, 11) is 0. The maximum Gasteiger partial charge on any atom is 0.407 e. The van der Waals surface area contributed by atoms with Crippen molar-refractivity contribution < 1.29 is 14.3 Å². The predicted molar refractivity (Wildman–Crippen MR) is 73.1 cm³/mol. The van der Waals surface area contributed by atoms with Gasteiger partial charge in [0.25, 0.3) is 0 Å². The largest absolute Gasteiger partial charge is 0.445 e. The molecule has 3 rings (SSSR count). The molecular formula is C15H20N2O3. The van der Waals surface area contributed by atoms with Crippen molar-refractivity contribution in [3.63, 3.8) is 0 Å². The highest BCUT2D eigenvalue weighted by Crippen LogP contribution is 2.48. The van der Waals surface area contributed by atoms with Gasteiger partial charge in [-0.3, -0.25) is 4.98 Å². The number of amides is 1. The van der Waals surface area contributed by atoms with E-state index in [2.05, 4.69) is 10.3 Å². The van der Waals surface area contributed by atoms with E-state index in [0.29, 0.717) is 0 Å². The van der Waals surface area contributed by atoms with E-state index >= 15 is 0 Å². The minimum Gasteiger partial charge on any atom is -0.445 e. The van der Waals surface area contributed by atoms with E-state index in [4.69, 9.17) is 9.47 Å². The van der Waals surface area contributed by atoms with E-state index < -0.39 is 0 Å². The van der Waals surface area contributed by atoms with Crippen LogP contribution in [0.15, 0.2) is 24.5 Å². The number of aromatic nitrogens is 1. The third kappa shape index (κ3) is 2.77. The number of hydrogen-bond donors (Lipinski definition) is 1. The monoisotopic (exact) mass is 276 g/mol. The maximum absolute atomic E-state index is 11.9. The Bertz CT molecular complexity index is 457. The second kappa shape index (κ2) is 5.79. The fraction of sp³-hybridized carbons (Fsp3) is 0.600. The standard InChI is InChI=1S/C15H20N2O3/c18-14(20-11-12-2-1-7-16-10-12)17-13-3-4-15(13)5-8-19-9-6-15/h1-2,7,10,13H,3-6,8-9,11H2,(H,17,18). The molecule has 0 bridgehead atoms. The lowest BCUT2D eigenvalue weighted by Crippen LogP contribution is -2.57. The maximum atomic E-state index is 11.9. The van der Waals surface area contributed by atoms with Gasteiger partial charge in [0.2, 0.25) is 0 Å². The number of nitrogens with one attached hydrogen (secondary N) is 1. The number of alkyl carbamates (subject to hydrolysis) is 1. The topological polar surface area (TPSA) is 60.5 Å². The van der Waals surface area contributed by atoms with Crippen LogP contribution in [0.4, 0.5) is 4.79 Å². The molecule has 5 nitrogen and oxygen atoms in total. The SMILES string of the molecule is O=C(NC1CCC12CCOCC2)OCc1cccnc1. The van der Waals surface area contributed by atoms with Gasteiger partial charge in [-0.25, -0.2) is 4.79 Å². The molecule has 1 amide bonds. The van der Waals surface area contributed by atoms with E-state index in [0.717, 1.165) is 38.0 Å². The molecule has 1 atom stereocenters. The van der Waals surface area contributed by atoms with Crippen molar-refractivity contribution in [1.82, 2.24) is 10.3 Å². The first kappa shape index (κ1) is 13.4. The van der Waals surface area contributed by atoms with E-state index in [1.165, 1.54) is 6.42 Å². The molecule has 108 valence electrons. The van der Waals surface area contributed by atoms with E-state index in [9.17, 15) is 4.79 Å². The summed E-state index contributed by atoms with van der Waals surface area (Å²) in [6.45, 7) is 1.88. The summed E-state index contributed by atoms with van der Waals surface area (Å²) in [6, 6.07) is 3.97. The Morgan fingerprint density at radius 3 is 2.95 bits per heavy atom. The Kier molecular flexibility index (Phi) is 3.87. The summed E-state index contributed by atoms with van der Waals surface area (Å²) in [4.78, 5) is 15.9. The van der Waals surface area contributed by atoms with Crippen molar-refractivity contribution in [2.24, 2.45) is 5.41 Å². The smallest absolute Gasteiger partial charge is 0.407 e. The van der Waals surface area contributed by atoms with Crippen LogP contribution in [0.5, 0.6) is 0 Å². The van der Waals surface area contributed by atoms with Gasteiger partial charge in [-0.1, -0.05) is 6.07 Å². The Labute approximate surface area is 118 Å². The number of nitrogens with zero attached hydrogens (tertiary/aromatic N) is 1. The van der Waals surface area contributed by atoms with Gasteiger partial charge in [0, 0.05) is 37.2 Å². The van der Waals surface area contributed by atoms with Crippen LogP contribution < -0.4 is 5.32 Å². The first-order valence-electron chi connectivity index (χ1n) is 7.18. The van der Waals surface area contributed by atoms with Crippen LogP contribution in [0.1, 0.15) is 31.2 Å². The van der Waals surface area contributed by atoms with Gasteiger partial charge < -0.3 is 14.8 Å². The molecule has 1 saturated carbocycles. The zero-order valence-electron chi connectivity index (χ0n) is 11.5. The number of carbonyl (C=O) groups excluding carboxylic acids is 1. The third-order valence-electron chi connectivity index (χ3n) is 4.54. The summed E-state index contributed by atoms with van der Waals surface area (Å²) < 4.78 is 10.7. The van der Waals surface area contributed by atoms with Gasteiger partial charge in [0.1, 0.15) is 6.61 Å². The number of ether oxygens (including phenoxy) is 2. The molecule has 1 aromatic rings. The van der Waals surface area contributed by atoms with Gasteiger partial charge in [-0.2, -0.15) is 0 Å². The van der Waals surface area contributed by atoms with Gasteiger partial charge >= 0.3 is 6.09 Å². The summed E-state index contributed by atoms with van der Waals surface area (Å²) in [5.74, 6) is 0. The second-order valence-electron chi connectivity index (χ2n) is 5.65. The summed E-state index contributed by atoms with van der Waals surface area (Å²) in [5.41, 5.74) is 1.16. The molecule has 0 aromatic carbocycles. The molecule has 1 aromatic heterocycles. The zero-order valence-corrected chi connectivity index (χ0v) is 11.5. The molecule has 20 heavy (non-hydrogen) atoms. The minimum atomic E-state index is -0.329. The van der Waals surface area contributed by atoms with Crippen molar-refractivity contribution in [1.29, 1.82) is 0 Å². The lowest BCUT2D eigenvalue weighted by atomic mass is 9.60. The molecule has 1 aliphatic heterocycles. The highest BCUT2D eigenvalue weighted by molar-refractivity contribution is 5.68. The van der Waals surface area contributed by atoms with Gasteiger partial charge in [-0.15, -0.1) is 0 Å². The van der Waals surface area contributed by atoms with Gasteiger partial charge in [-0.05, 0) is 37.2 Å². The van der Waals surface area contributed by atoms with Crippen molar-refractivity contribution >= 4 is 6.09 Å². The minimum absolute atomic E-state index is 0.243. The fourth-order valence-corrected chi connectivity index (χ4v) is 3.11. The highest BCUT2D eigenvalue weighted by atomic mass is 16.5. The molecule has 1 N–H and O–H groups in total. The Morgan fingerprint density at radius 1 is 1.45 bits per heavy atom. The molecule has 5 heteroatoms. The first-order chi connectivity index (χ1) is 9.78. The molecule has 2 fully saturated rings. The molecular weight excluding hydrogens is 256 g/mol. The predicted octanol–water partition coefficient (Wildman–Crippen LogP) is 2.27. The van der Waals surface area contributed by atoms with Crippen LogP contribution in [0.2, 0.25) is 0 Å². The van der Waals surface area contributed by atoms with Crippen LogP contribution >= 0.6 is 0 Å². The number of carbonyl (C=O) groups is 1. The lowest BCUT2D eigenvalue weighted by Gasteiger charge is -2.51. The van der Waals surface area contributed by atoms with Crippen LogP contribution in [0.25, 0.3) is 0 Å². The Balaban J connectivity index is 1.47. The average Bonchev–Trinajstić information content (AvgIpc) is 2.51. The van der Waals surface area contributed by atoms with E-state index in [1.807, 2.05) is 12.1 Å². The molecule has 1 unspecified atom stereocenters. The molecule has 2 aliphatic rings. The van der Waals surface area contributed by atoms with E-state index in [-0.39, 0.29) is 24.2 Å². The molecule has 0 radical (unpaired) electrons. The summed E-state index contributed by atoms with van der Waals surface area (Å²) in [6.07, 6.45) is 7.39. The zero-order chi connectivity index (χ0) is 13.8. The van der Waals surface area contributed by atoms with Crippen LogP contribution in [-0.4, -0.2) is 30.3 Å². The molecule has 1 aliphatic carbocycles. The quantitative estimate of drug-likeness (QED) is 0.920. The Hall–Kier alpha value is -1.62. The number of hydrogen-bond acceptors (Lipinski definition) is 4. The average molecular weight is 276 g/mol. The highest BCUT2D eigenvalue weighted by Gasteiger charge is 2.48. The van der Waals surface area contributed by atoms with Crippen LogP contribution in [0, 0.1) is 5.41 Å². The molecule has 1 spiro atoms. The summed E-state index contributed by atoms with van der Waals surface area (Å²) >= 11 is 0. The van der Waals surface area contributed by atoms with Crippen molar-refractivity contribution in [3.8, 4) is 0 Å². The third-order valence-corrected chi connectivity index (χ3v) is 4.54. The van der Waals surface area contributed by atoms with Gasteiger partial charge in [0.15, 0.2) is 0 Å².